The van der Waals surface area contributed by atoms with Gasteiger partial charge in [0.1, 0.15) is 5.75 Å². The number of amides is 1. The summed E-state index contributed by atoms with van der Waals surface area (Å²) in [6.45, 7) is 0.387. The first-order valence-electron chi connectivity index (χ1n) is 7.63. The number of Topliss-reactive ketones (excluding diaryl/α,β-unsaturated/α-hetero) is 1. The van der Waals surface area contributed by atoms with E-state index in [0.29, 0.717) is 25.8 Å². The Morgan fingerprint density at radius 2 is 1.92 bits per heavy atom. The lowest BCUT2D eigenvalue weighted by atomic mass is 10.1. The summed E-state index contributed by atoms with van der Waals surface area (Å²) in [7, 11) is 0. The number of nitrogens with two attached hydrogens (primary N) is 2. The van der Waals surface area contributed by atoms with E-state index in [1.54, 1.807) is 24.3 Å². The number of aromatic hydroxyl groups is 1. The van der Waals surface area contributed by atoms with E-state index in [1.807, 2.05) is 0 Å². The van der Waals surface area contributed by atoms with Gasteiger partial charge in [-0.2, -0.15) is 0 Å². The van der Waals surface area contributed by atoms with E-state index in [0.717, 1.165) is 5.56 Å². The fraction of sp³-hybridized carbons (Fsp3) is 0.438. The van der Waals surface area contributed by atoms with E-state index in [4.69, 9.17) is 23.1 Å². The Kier molecular flexibility index (Phi) is 8.64. The molecule has 132 valence electrons. The van der Waals surface area contributed by atoms with Crippen LogP contribution in [0.5, 0.6) is 5.75 Å². The molecule has 24 heavy (non-hydrogen) atoms. The van der Waals surface area contributed by atoms with Crippen molar-refractivity contribution < 1.29 is 14.7 Å². The van der Waals surface area contributed by atoms with Crippen molar-refractivity contribution in [1.82, 2.24) is 5.32 Å². The van der Waals surface area contributed by atoms with Crippen LogP contribution in [0.25, 0.3) is 0 Å². The fourth-order valence-corrected chi connectivity index (χ4v) is 2.28. The number of ketones is 1. The second kappa shape index (κ2) is 10.5. The van der Waals surface area contributed by atoms with Crippen LogP contribution in [0.4, 0.5) is 0 Å². The highest BCUT2D eigenvalue weighted by atomic mass is 35.5. The van der Waals surface area contributed by atoms with Crippen LogP contribution in [-0.4, -0.2) is 41.2 Å². The largest absolute Gasteiger partial charge is 0.508 e. The fourth-order valence-electron chi connectivity index (χ4n) is 2.10. The van der Waals surface area contributed by atoms with Crippen LogP contribution in [0.3, 0.4) is 0 Å². The number of alkyl halides is 1. The normalized spacial score (nSPS) is 11.5. The molecule has 1 amide bonds. The molecule has 0 aliphatic carbocycles. The molecule has 0 aliphatic rings. The summed E-state index contributed by atoms with van der Waals surface area (Å²) in [5, 5.41) is 11.9. The van der Waals surface area contributed by atoms with E-state index in [2.05, 4.69) is 10.3 Å². The molecule has 0 fully saturated rings. The quantitative estimate of drug-likeness (QED) is 0.212. The minimum atomic E-state index is -0.635. The standard InChI is InChI=1S/C16H23ClN4O3/c17-10-14(23)13(2-1-9-20-16(18)19)21-15(24)8-5-11-3-6-12(22)7-4-11/h3-4,6-7,13,22H,1-2,5,8-10H2,(H,21,24)(H4,18,19,20)/t13-/m0/s1. The predicted octanol–water partition coefficient (Wildman–Crippen LogP) is 0.671. The van der Waals surface area contributed by atoms with Gasteiger partial charge in [-0.25, -0.2) is 0 Å². The van der Waals surface area contributed by atoms with Crippen LogP contribution in [0.15, 0.2) is 29.3 Å². The molecule has 1 aromatic rings. The van der Waals surface area contributed by atoms with E-state index in [9.17, 15) is 14.7 Å². The van der Waals surface area contributed by atoms with Crippen molar-refractivity contribution in [3.63, 3.8) is 0 Å². The minimum absolute atomic E-state index is 0.00634. The Labute approximate surface area is 146 Å². The number of phenolic OH excluding ortho intramolecular Hbond substituents is 1. The molecule has 0 unspecified atom stereocenters. The van der Waals surface area contributed by atoms with E-state index in [-0.39, 0.29) is 35.7 Å². The zero-order valence-electron chi connectivity index (χ0n) is 13.4. The van der Waals surface area contributed by atoms with Gasteiger partial charge in [-0.05, 0) is 37.0 Å². The van der Waals surface area contributed by atoms with Crippen LogP contribution in [0.2, 0.25) is 0 Å². The third kappa shape index (κ3) is 7.82. The zero-order valence-corrected chi connectivity index (χ0v) is 14.1. The molecule has 0 aliphatic heterocycles. The molecular weight excluding hydrogens is 332 g/mol. The molecule has 1 rings (SSSR count). The van der Waals surface area contributed by atoms with Gasteiger partial charge < -0.3 is 21.9 Å². The van der Waals surface area contributed by atoms with Crippen LogP contribution in [-0.2, 0) is 16.0 Å². The lowest BCUT2D eigenvalue weighted by Crippen LogP contribution is -2.41. The molecule has 1 atom stereocenters. The highest BCUT2D eigenvalue weighted by molar-refractivity contribution is 6.28. The number of nitrogens with one attached hydrogen (secondary N) is 1. The number of rotatable bonds is 10. The number of hydrogen-bond acceptors (Lipinski definition) is 4. The number of guanidine groups is 1. The van der Waals surface area contributed by atoms with Crippen molar-refractivity contribution in [1.29, 1.82) is 0 Å². The van der Waals surface area contributed by atoms with E-state index >= 15 is 0 Å². The van der Waals surface area contributed by atoms with Crippen LogP contribution < -0.4 is 16.8 Å². The molecule has 0 saturated carbocycles. The van der Waals surface area contributed by atoms with Crippen LogP contribution in [0.1, 0.15) is 24.8 Å². The molecule has 0 bridgehead atoms. The van der Waals surface area contributed by atoms with E-state index < -0.39 is 6.04 Å². The van der Waals surface area contributed by atoms with Gasteiger partial charge in [0.25, 0.3) is 0 Å². The second-order valence-electron chi connectivity index (χ2n) is 5.34. The average Bonchev–Trinajstić information content (AvgIpc) is 2.56. The second-order valence-corrected chi connectivity index (χ2v) is 5.60. The average molecular weight is 355 g/mol. The Balaban J connectivity index is 2.46. The molecule has 8 heteroatoms. The number of nitrogens with zero attached hydrogens (tertiary/aromatic N) is 1. The van der Waals surface area contributed by atoms with Crippen molar-refractivity contribution in [2.24, 2.45) is 16.5 Å². The number of aryl methyl sites for hydroxylation is 1. The van der Waals surface area contributed by atoms with Crippen molar-refractivity contribution >= 4 is 29.3 Å². The number of carbonyl (C=O) groups is 2. The number of benzene rings is 1. The van der Waals surface area contributed by atoms with Gasteiger partial charge in [-0.15, -0.1) is 11.6 Å². The smallest absolute Gasteiger partial charge is 0.220 e. The predicted molar refractivity (Wildman–Crippen MR) is 94.0 cm³/mol. The Morgan fingerprint density at radius 3 is 2.50 bits per heavy atom. The SMILES string of the molecule is NC(N)=NCCC[C@H](NC(=O)CCc1ccc(O)cc1)C(=O)CCl. The number of halogens is 1. The van der Waals surface area contributed by atoms with Crippen molar-refractivity contribution in [2.45, 2.75) is 31.7 Å². The number of phenols is 1. The van der Waals surface area contributed by atoms with Gasteiger partial charge >= 0.3 is 0 Å². The first kappa shape index (κ1) is 19.8. The van der Waals surface area contributed by atoms with Gasteiger partial charge in [-0.1, -0.05) is 12.1 Å². The molecule has 6 N–H and O–H groups in total. The topological polar surface area (TPSA) is 131 Å². The molecule has 0 heterocycles. The van der Waals surface area contributed by atoms with Crippen LogP contribution in [0, 0.1) is 0 Å². The molecule has 1 aromatic carbocycles. The number of carbonyl (C=O) groups excluding carboxylic acids is 2. The number of aliphatic imine (C=N–C) groups is 1. The van der Waals surface area contributed by atoms with Gasteiger partial charge in [0.15, 0.2) is 11.7 Å². The Hall–Kier alpha value is -2.28. The lowest BCUT2D eigenvalue weighted by Gasteiger charge is -2.16. The highest BCUT2D eigenvalue weighted by Gasteiger charge is 2.19. The molecule has 7 nitrogen and oxygen atoms in total. The maximum atomic E-state index is 12.0. The summed E-state index contributed by atoms with van der Waals surface area (Å²) >= 11 is 5.59. The first-order chi connectivity index (χ1) is 11.4. The zero-order chi connectivity index (χ0) is 17.9. The highest BCUT2D eigenvalue weighted by Crippen LogP contribution is 2.11. The summed E-state index contributed by atoms with van der Waals surface area (Å²) in [6.07, 6.45) is 1.74. The van der Waals surface area contributed by atoms with Gasteiger partial charge in [0, 0.05) is 13.0 Å². The first-order valence-corrected chi connectivity index (χ1v) is 8.17. The van der Waals surface area contributed by atoms with E-state index in [1.165, 1.54) is 0 Å². The third-order valence-corrected chi connectivity index (χ3v) is 3.64. The maximum absolute atomic E-state index is 12.0. The van der Waals surface area contributed by atoms with Gasteiger partial charge in [0.2, 0.25) is 5.91 Å². The summed E-state index contributed by atoms with van der Waals surface area (Å²) in [5.74, 6) is -0.455. The summed E-state index contributed by atoms with van der Waals surface area (Å²) in [4.78, 5) is 27.7. The Bertz CT molecular complexity index is 571. The third-order valence-electron chi connectivity index (χ3n) is 3.38. The Morgan fingerprint density at radius 1 is 1.25 bits per heavy atom. The van der Waals surface area contributed by atoms with Gasteiger partial charge in [-0.3, -0.25) is 14.6 Å². The van der Waals surface area contributed by atoms with Crippen LogP contribution >= 0.6 is 11.6 Å². The number of hydrogen-bond donors (Lipinski definition) is 4. The minimum Gasteiger partial charge on any atom is -0.508 e. The van der Waals surface area contributed by atoms with Crippen molar-refractivity contribution in [3.05, 3.63) is 29.8 Å². The maximum Gasteiger partial charge on any atom is 0.220 e. The molecule has 0 aromatic heterocycles. The summed E-state index contributed by atoms with van der Waals surface area (Å²) in [6, 6.07) is 6.00. The molecule has 0 spiro atoms. The molecular formula is C16H23ClN4O3. The van der Waals surface area contributed by atoms with Crippen molar-refractivity contribution in [3.8, 4) is 5.75 Å². The lowest BCUT2D eigenvalue weighted by molar-refractivity contribution is -0.126. The van der Waals surface area contributed by atoms with Gasteiger partial charge in [0.05, 0.1) is 11.9 Å². The molecule has 0 radical (unpaired) electrons. The summed E-state index contributed by atoms with van der Waals surface area (Å²) in [5.41, 5.74) is 11.4. The summed E-state index contributed by atoms with van der Waals surface area (Å²) < 4.78 is 0. The monoisotopic (exact) mass is 354 g/mol. The van der Waals surface area contributed by atoms with Crippen molar-refractivity contribution in [2.75, 3.05) is 12.4 Å². The molecule has 0 saturated heterocycles.